The van der Waals surface area contributed by atoms with Crippen LogP contribution in [0.25, 0.3) is 5.69 Å². The molecule has 1 aromatic carbocycles. The largest absolute Gasteiger partial charge is 0.391 e. The molecule has 0 aliphatic carbocycles. The van der Waals surface area contributed by atoms with E-state index in [1.54, 1.807) is 13.0 Å². The third kappa shape index (κ3) is 1.65. The molecule has 16 heavy (non-hydrogen) atoms. The summed E-state index contributed by atoms with van der Waals surface area (Å²) in [4.78, 5) is 11.8. The van der Waals surface area contributed by atoms with Crippen LogP contribution in [0, 0.1) is 12.7 Å². The second kappa shape index (κ2) is 3.94. The van der Waals surface area contributed by atoms with Crippen LogP contribution in [-0.2, 0) is 6.61 Å². The molecule has 0 saturated heterocycles. The van der Waals surface area contributed by atoms with Gasteiger partial charge in [0.15, 0.2) is 0 Å². The Labute approximate surface area is 90.9 Å². The number of rotatable bonds is 2. The van der Waals surface area contributed by atoms with Crippen molar-refractivity contribution in [1.29, 1.82) is 0 Å². The predicted octanol–water partition coefficient (Wildman–Crippen LogP) is 1.11. The molecule has 0 unspecified atom stereocenters. The molecule has 2 rings (SSSR count). The Kier molecular flexibility index (Phi) is 2.62. The average molecular weight is 222 g/mol. The van der Waals surface area contributed by atoms with E-state index in [0.717, 1.165) is 0 Å². The van der Waals surface area contributed by atoms with Gasteiger partial charge >= 0.3 is 0 Å². The molecule has 4 nitrogen and oxygen atoms in total. The van der Waals surface area contributed by atoms with Crippen molar-refractivity contribution in [3.63, 3.8) is 0 Å². The maximum absolute atomic E-state index is 13.0. The summed E-state index contributed by atoms with van der Waals surface area (Å²) in [6.45, 7) is 1.35. The zero-order valence-electron chi connectivity index (χ0n) is 8.70. The number of nitrogens with one attached hydrogen (secondary N) is 1. The first-order valence-electron chi connectivity index (χ1n) is 4.81. The van der Waals surface area contributed by atoms with E-state index >= 15 is 0 Å². The SMILES string of the molecule is Cc1[nH]n(-c2cccc(F)c2)c(=O)c1CO. The van der Waals surface area contributed by atoms with Crippen molar-refractivity contribution in [1.82, 2.24) is 9.78 Å². The molecule has 0 bridgehead atoms. The lowest BCUT2D eigenvalue weighted by atomic mass is 10.3. The van der Waals surface area contributed by atoms with Crippen LogP contribution >= 0.6 is 0 Å². The molecule has 0 radical (unpaired) electrons. The molecule has 1 heterocycles. The zero-order chi connectivity index (χ0) is 11.7. The van der Waals surface area contributed by atoms with E-state index in [9.17, 15) is 9.18 Å². The maximum Gasteiger partial charge on any atom is 0.277 e. The number of hydrogen-bond acceptors (Lipinski definition) is 2. The molecule has 2 aromatic rings. The number of aryl methyl sites for hydroxylation is 1. The highest BCUT2D eigenvalue weighted by Gasteiger charge is 2.11. The molecule has 0 aliphatic heterocycles. The highest BCUT2D eigenvalue weighted by molar-refractivity contribution is 5.33. The first-order chi connectivity index (χ1) is 7.63. The van der Waals surface area contributed by atoms with Gasteiger partial charge in [-0.3, -0.25) is 9.89 Å². The van der Waals surface area contributed by atoms with Gasteiger partial charge in [0, 0.05) is 5.69 Å². The molecule has 0 atom stereocenters. The lowest BCUT2D eigenvalue weighted by Gasteiger charge is -2.00. The van der Waals surface area contributed by atoms with Crippen molar-refractivity contribution < 1.29 is 9.50 Å². The standard InChI is InChI=1S/C11H11FN2O2/c1-7-10(6-15)11(16)14(13-7)9-4-2-3-8(12)5-9/h2-5,13,15H,6H2,1H3. The molecular formula is C11H11FN2O2. The second-order valence-electron chi connectivity index (χ2n) is 3.49. The summed E-state index contributed by atoms with van der Waals surface area (Å²) < 4.78 is 14.2. The Bertz CT molecular complexity index is 572. The number of benzene rings is 1. The fraction of sp³-hybridized carbons (Fsp3) is 0.182. The summed E-state index contributed by atoms with van der Waals surface area (Å²) in [5.74, 6) is -0.415. The normalized spacial score (nSPS) is 10.7. The molecule has 0 saturated carbocycles. The third-order valence-corrected chi connectivity index (χ3v) is 2.42. The van der Waals surface area contributed by atoms with Crippen molar-refractivity contribution in [3.05, 3.63) is 51.7 Å². The smallest absolute Gasteiger partial charge is 0.277 e. The minimum absolute atomic E-state index is 0.296. The Balaban J connectivity index is 2.61. The topological polar surface area (TPSA) is 58.0 Å². The molecule has 5 heteroatoms. The van der Waals surface area contributed by atoms with Crippen LogP contribution in [0.3, 0.4) is 0 Å². The summed E-state index contributed by atoms with van der Waals surface area (Å²) in [6.07, 6.45) is 0. The van der Waals surface area contributed by atoms with Gasteiger partial charge < -0.3 is 5.11 Å². The fourth-order valence-corrected chi connectivity index (χ4v) is 1.56. The Hall–Kier alpha value is -1.88. The summed E-state index contributed by atoms with van der Waals surface area (Å²) in [5.41, 5.74) is 0.930. The van der Waals surface area contributed by atoms with Gasteiger partial charge in [0.1, 0.15) is 5.82 Å². The first-order valence-corrected chi connectivity index (χ1v) is 4.81. The first kappa shape index (κ1) is 10.6. The van der Waals surface area contributed by atoms with Gasteiger partial charge in [0.25, 0.3) is 5.56 Å². The van der Waals surface area contributed by atoms with Gasteiger partial charge in [-0.15, -0.1) is 0 Å². The van der Waals surface area contributed by atoms with Crippen LogP contribution in [0.1, 0.15) is 11.3 Å². The van der Waals surface area contributed by atoms with Crippen molar-refractivity contribution in [2.24, 2.45) is 0 Å². The summed E-state index contributed by atoms with van der Waals surface area (Å²) >= 11 is 0. The summed E-state index contributed by atoms with van der Waals surface area (Å²) in [5, 5.41) is 11.8. The van der Waals surface area contributed by atoms with Crippen LogP contribution in [0.5, 0.6) is 0 Å². The number of aromatic amines is 1. The van der Waals surface area contributed by atoms with Crippen molar-refractivity contribution in [2.45, 2.75) is 13.5 Å². The van der Waals surface area contributed by atoms with Gasteiger partial charge in [-0.25, -0.2) is 9.07 Å². The molecule has 84 valence electrons. The Morgan fingerprint density at radius 2 is 2.25 bits per heavy atom. The Morgan fingerprint density at radius 1 is 1.50 bits per heavy atom. The van der Waals surface area contributed by atoms with Crippen molar-refractivity contribution in [3.8, 4) is 5.69 Å². The average Bonchev–Trinajstić information content (AvgIpc) is 2.54. The molecule has 2 N–H and O–H groups in total. The van der Waals surface area contributed by atoms with Gasteiger partial charge in [-0.1, -0.05) is 6.07 Å². The highest BCUT2D eigenvalue weighted by Crippen LogP contribution is 2.08. The van der Waals surface area contributed by atoms with E-state index in [4.69, 9.17) is 5.11 Å². The second-order valence-corrected chi connectivity index (χ2v) is 3.49. The van der Waals surface area contributed by atoms with E-state index in [2.05, 4.69) is 5.10 Å². The number of H-pyrrole nitrogens is 1. The monoisotopic (exact) mass is 222 g/mol. The Morgan fingerprint density at radius 3 is 2.81 bits per heavy atom. The minimum atomic E-state index is -0.415. The van der Waals surface area contributed by atoms with Crippen molar-refractivity contribution >= 4 is 0 Å². The van der Waals surface area contributed by atoms with Crippen LogP contribution in [0.4, 0.5) is 4.39 Å². The number of nitrogens with zero attached hydrogens (tertiary/aromatic N) is 1. The zero-order valence-corrected chi connectivity index (χ0v) is 8.70. The molecule has 0 amide bonds. The van der Waals surface area contributed by atoms with Crippen LogP contribution < -0.4 is 5.56 Å². The van der Waals surface area contributed by atoms with Gasteiger partial charge in [0.05, 0.1) is 17.9 Å². The lowest BCUT2D eigenvalue weighted by molar-refractivity contribution is 0.280. The van der Waals surface area contributed by atoms with E-state index in [-0.39, 0.29) is 12.2 Å². The number of halogens is 1. The molecule has 0 fully saturated rings. The molecular weight excluding hydrogens is 211 g/mol. The number of aliphatic hydroxyl groups is 1. The van der Waals surface area contributed by atoms with Gasteiger partial charge in [-0.05, 0) is 25.1 Å². The third-order valence-electron chi connectivity index (χ3n) is 2.42. The van der Waals surface area contributed by atoms with E-state index in [1.807, 2.05) is 0 Å². The minimum Gasteiger partial charge on any atom is -0.391 e. The van der Waals surface area contributed by atoms with E-state index in [0.29, 0.717) is 16.9 Å². The fourth-order valence-electron chi connectivity index (χ4n) is 1.56. The summed E-state index contributed by atoms with van der Waals surface area (Å²) in [6, 6.07) is 5.68. The number of aliphatic hydroxyl groups excluding tert-OH is 1. The number of hydrogen-bond donors (Lipinski definition) is 2. The van der Waals surface area contributed by atoms with Gasteiger partial charge in [-0.2, -0.15) is 0 Å². The lowest BCUT2D eigenvalue weighted by Crippen LogP contribution is -2.17. The van der Waals surface area contributed by atoms with Gasteiger partial charge in [0.2, 0.25) is 0 Å². The quantitative estimate of drug-likeness (QED) is 0.799. The van der Waals surface area contributed by atoms with E-state index in [1.165, 1.54) is 22.9 Å². The molecule has 0 spiro atoms. The maximum atomic E-state index is 13.0. The molecule has 0 aliphatic rings. The molecule has 1 aromatic heterocycles. The predicted molar refractivity (Wildman–Crippen MR) is 57.0 cm³/mol. The van der Waals surface area contributed by atoms with Crippen LogP contribution in [0.2, 0.25) is 0 Å². The van der Waals surface area contributed by atoms with E-state index < -0.39 is 5.82 Å². The van der Waals surface area contributed by atoms with Crippen LogP contribution in [0.15, 0.2) is 29.1 Å². The summed E-state index contributed by atoms with van der Waals surface area (Å²) in [7, 11) is 0. The highest BCUT2D eigenvalue weighted by atomic mass is 19.1. The van der Waals surface area contributed by atoms with Crippen LogP contribution in [-0.4, -0.2) is 14.9 Å². The number of aromatic nitrogens is 2. The van der Waals surface area contributed by atoms with Crippen molar-refractivity contribution in [2.75, 3.05) is 0 Å².